The molecule has 152 valence electrons. The van der Waals surface area contributed by atoms with Crippen LogP contribution in [0.15, 0.2) is 41.0 Å². The van der Waals surface area contributed by atoms with E-state index < -0.39 is 0 Å². The van der Waals surface area contributed by atoms with Crippen LogP contribution in [0.25, 0.3) is 0 Å². The Morgan fingerprint density at radius 2 is 1.93 bits per heavy atom. The van der Waals surface area contributed by atoms with Gasteiger partial charge in [0.2, 0.25) is 0 Å². The molecule has 3 heterocycles. The minimum absolute atomic E-state index is 0.157. The van der Waals surface area contributed by atoms with E-state index in [2.05, 4.69) is 56.2 Å². The van der Waals surface area contributed by atoms with Crippen LogP contribution in [0.5, 0.6) is 0 Å². The molecule has 0 spiro atoms. The molecule has 4 rings (SSSR count). The number of benzene rings is 1. The van der Waals surface area contributed by atoms with Gasteiger partial charge in [-0.15, -0.1) is 10.2 Å². The van der Waals surface area contributed by atoms with Crippen molar-refractivity contribution in [2.24, 2.45) is 0 Å². The van der Waals surface area contributed by atoms with Crippen molar-refractivity contribution in [2.45, 2.75) is 46.3 Å². The summed E-state index contributed by atoms with van der Waals surface area (Å²) >= 11 is 0. The number of hydrogen-bond acceptors (Lipinski definition) is 5. The van der Waals surface area contributed by atoms with Crippen LogP contribution in [-0.2, 0) is 19.5 Å². The Hall–Kier alpha value is -2.93. The smallest absolute Gasteiger partial charge is 0.255 e. The molecule has 7 heteroatoms. The van der Waals surface area contributed by atoms with Gasteiger partial charge in [-0.25, -0.2) is 0 Å². The summed E-state index contributed by atoms with van der Waals surface area (Å²) in [6.07, 6.45) is 2.38. The van der Waals surface area contributed by atoms with Gasteiger partial charge in [0.15, 0.2) is 5.82 Å². The van der Waals surface area contributed by atoms with E-state index in [0.717, 1.165) is 44.2 Å². The zero-order valence-electron chi connectivity index (χ0n) is 17.2. The first-order valence-electron chi connectivity index (χ1n) is 10.1. The average Bonchev–Trinajstić information content (AvgIpc) is 3.26. The second-order valence-electron chi connectivity index (χ2n) is 7.72. The van der Waals surface area contributed by atoms with E-state index in [0.29, 0.717) is 11.3 Å². The number of amides is 1. The first-order valence-corrected chi connectivity index (χ1v) is 10.1. The van der Waals surface area contributed by atoms with Gasteiger partial charge in [-0.3, -0.25) is 9.69 Å². The first kappa shape index (κ1) is 19.4. The van der Waals surface area contributed by atoms with Crippen LogP contribution in [0.2, 0.25) is 0 Å². The molecule has 0 saturated carbocycles. The first-order chi connectivity index (χ1) is 14.0. The molecule has 0 radical (unpaired) electrons. The molecule has 0 saturated heterocycles. The Kier molecular flexibility index (Phi) is 5.49. The monoisotopic (exact) mass is 393 g/mol. The van der Waals surface area contributed by atoms with Gasteiger partial charge in [0.1, 0.15) is 11.6 Å². The van der Waals surface area contributed by atoms with Gasteiger partial charge in [0.05, 0.1) is 17.9 Å². The van der Waals surface area contributed by atoms with Gasteiger partial charge < -0.3 is 14.3 Å². The second-order valence-corrected chi connectivity index (χ2v) is 7.72. The number of carbonyl (C=O) groups excluding carboxylic acids is 1. The molecule has 1 amide bonds. The van der Waals surface area contributed by atoms with Gasteiger partial charge in [0.25, 0.3) is 5.91 Å². The van der Waals surface area contributed by atoms with Crippen molar-refractivity contribution in [3.63, 3.8) is 0 Å². The van der Waals surface area contributed by atoms with Crippen LogP contribution in [0.1, 0.15) is 51.9 Å². The Morgan fingerprint density at radius 3 is 2.66 bits per heavy atom. The van der Waals surface area contributed by atoms with E-state index >= 15 is 0 Å². The maximum Gasteiger partial charge on any atom is 0.255 e. The lowest BCUT2D eigenvalue weighted by atomic mass is 10.1. The molecule has 3 aromatic rings. The van der Waals surface area contributed by atoms with Crippen LogP contribution in [0.4, 0.5) is 0 Å². The van der Waals surface area contributed by atoms with Crippen molar-refractivity contribution in [3.8, 4) is 0 Å². The third kappa shape index (κ3) is 4.24. The molecule has 2 aromatic heterocycles. The van der Waals surface area contributed by atoms with Crippen molar-refractivity contribution in [3.05, 3.63) is 70.7 Å². The topological polar surface area (TPSA) is 76.2 Å². The molecule has 0 fully saturated rings. The van der Waals surface area contributed by atoms with Crippen molar-refractivity contribution >= 4 is 5.91 Å². The fourth-order valence-corrected chi connectivity index (χ4v) is 3.78. The highest BCUT2D eigenvalue weighted by Crippen LogP contribution is 2.18. The third-order valence-electron chi connectivity index (χ3n) is 5.51. The van der Waals surface area contributed by atoms with Crippen LogP contribution in [-0.4, -0.2) is 38.7 Å². The van der Waals surface area contributed by atoms with Gasteiger partial charge in [-0.1, -0.05) is 29.8 Å². The minimum Gasteiger partial charge on any atom is -0.469 e. The number of aryl methyl sites for hydroxylation is 2. The molecule has 29 heavy (non-hydrogen) atoms. The molecule has 0 aliphatic carbocycles. The Bertz CT molecular complexity index is 989. The number of nitrogens with zero attached hydrogens (tertiary/aromatic N) is 4. The van der Waals surface area contributed by atoms with Crippen molar-refractivity contribution < 1.29 is 9.21 Å². The van der Waals surface area contributed by atoms with Crippen LogP contribution < -0.4 is 5.32 Å². The largest absolute Gasteiger partial charge is 0.469 e. The maximum atomic E-state index is 12.5. The Balaban J connectivity index is 1.42. The lowest BCUT2D eigenvalue weighted by molar-refractivity contribution is 0.0936. The number of carbonyl (C=O) groups is 1. The van der Waals surface area contributed by atoms with E-state index in [-0.39, 0.29) is 11.9 Å². The van der Waals surface area contributed by atoms with E-state index in [1.165, 1.54) is 17.4 Å². The summed E-state index contributed by atoms with van der Waals surface area (Å²) in [5, 5.41) is 11.8. The maximum absolute atomic E-state index is 12.5. The zero-order chi connectivity index (χ0) is 20.4. The summed E-state index contributed by atoms with van der Waals surface area (Å²) < 4.78 is 7.39. The summed E-state index contributed by atoms with van der Waals surface area (Å²) in [4.78, 5) is 15.0. The number of furan rings is 1. The molecule has 1 aliphatic heterocycles. The summed E-state index contributed by atoms with van der Waals surface area (Å²) in [5.74, 6) is 2.23. The second kappa shape index (κ2) is 8.21. The zero-order valence-corrected chi connectivity index (χ0v) is 17.2. The quantitative estimate of drug-likeness (QED) is 0.721. The van der Waals surface area contributed by atoms with E-state index in [1.54, 1.807) is 13.0 Å². The molecule has 1 aliphatic rings. The predicted octanol–water partition coefficient (Wildman–Crippen LogP) is 3.04. The summed E-state index contributed by atoms with van der Waals surface area (Å²) in [7, 11) is 0. The van der Waals surface area contributed by atoms with Gasteiger partial charge >= 0.3 is 0 Å². The average molecular weight is 393 g/mol. The lowest BCUT2D eigenvalue weighted by Gasteiger charge is -2.20. The standard InChI is InChI=1S/C22H27N5O2/c1-15-4-6-18(7-5-15)14-26-10-8-20-24-25-21(27(20)12-11-26)16(2)23-22(28)19-9-13-29-17(19)3/h4-7,9,13,16H,8,10-12,14H2,1-3H3,(H,23,28). The predicted molar refractivity (Wildman–Crippen MR) is 110 cm³/mol. The van der Waals surface area contributed by atoms with Crippen molar-refractivity contribution in [2.75, 3.05) is 13.1 Å². The number of rotatable bonds is 5. The third-order valence-corrected chi connectivity index (χ3v) is 5.51. The Morgan fingerprint density at radius 1 is 1.14 bits per heavy atom. The molecule has 0 bridgehead atoms. The van der Waals surface area contributed by atoms with E-state index in [4.69, 9.17) is 4.42 Å². The van der Waals surface area contributed by atoms with Gasteiger partial charge in [-0.05, 0) is 32.4 Å². The number of hydrogen-bond donors (Lipinski definition) is 1. The highest BCUT2D eigenvalue weighted by atomic mass is 16.3. The minimum atomic E-state index is -0.235. The lowest BCUT2D eigenvalue weighted by Crippen LogP contribution is -2.30. The fourth-order valence-electron chi connectivity index (χ4n) is 3.78. The molecule has 1 unspecified atom stereocenters. The number of fused-ring (bicyclic) bond motifs is 1. The van der Waals surface area contributed by atoms with Crippen molar-refractivity contribution in [1.29, 1.82) is 0 Å². The normalized spacial score (nSPS) is 15.6. The van der Waals surface area contributed by atoms with E-state index in [1.807, 2.05) is 6.92 Å². The SMILES string of the molecule is Cc1ccc(CN2CCc3nnc(C(C)NC(=O)c4ccoc4C)n3CC2)cc1. The van der Waals surface area contributed by atoms with E-state index in [9.17, 15) is 4.79 Å². The summed E-state index contributed by atoms with van der Waals surface area (Å²) in [5.41, 5.74) is 3.16. The number of aromatic nitrogens is 3. The highest BCUT2D eigenvalue weighted by molar-refractivity contribution is 5.95. The molecular formula is C22H27N5O2. The summed E-state index contributed by atoms with van der Waals surface area (Å²) in [6.45, 7) is 9.45. The molecule has 1 N–H and O–H groups in total. The fraction of sp³-hybridized carbons (Fsp3) is 0.409. The Labute approximate surface area is 170 Å². The number of nitrogens with one attached hydrogen (secondary N) is 1. The summed E-state index contributed by atoms with van der Waals surface area (Å²) in [6, 6.07) is 10.2. The van der Waals surface area contributed by atoms with Crippen LogP contribution >= 0.6 is 0 Å². The van der Waals surface area contributed by atoms with Gasteiger partial charge in [0, 0.05) is 32.6 Å². The van der Waals surface area contributed by atoms with Crippen molar-refractivity contribution in [1.82, 2.24) is 25.0 Å². The van der Waals surface area contributed by atoms with Gasteiger partial charge in [-0.2, -0.15) is 0 Å². The molecular weight excluding hydrogens is 366 g/mol. The molecule has 1 atom stereocenters. The molecule has 1 aromatic carbocycles. The highest BCUT2D eigenvalue weighted by Gasteiger charge is 2.23. The van der Waals surface area contributed by atoms with Crippen LogP contribution in [0.3, 0.4) is 0 Å². The van der Waals surface area contributed by atoms with Crippen LogP contribution in [0, 0.1) is 13.8 Å². The molecule has 7 nitrogen and oxygen atoms in total.